The van der Waals surface area contributed by atoms with Crippen LogP contribution in [-0.4, -0.2) is 0 Å². The molecule has 0 aromatic heterocycles. The molecule has 0 amide bonds. The van der Waals surface area contributed by atoms with Crippen molar-refractivity contribution >= 4 is 11.6 Å². The van der Waals surface area contributed by atoms with Gasteiger partial charge in [-0.3, -0.25) is 0 Å². The van der Waals surface area contributed by atoms with Gasteiger partial charge in [-0.05, 0) is 104 Å². The molecular formula is C25H33ClF4. The average molecular weight is 445 g/mol. The molecule has 0 unspecified atom stereocenters. The van der Waals surface area contributed by atoms with E-state index in [1.165, 1.54) is 51.4 Å². The van der Waals surface area contributed by atoms with Crippen molar-refractivity contribution in [2.24, 2.45) is 17.8 Å². The third-order valence-electron chi connectivity index (χ3n) is 7.37. The average Bonchev–Trinajstić information content (AvgIpc) is 2.70. The van der Waals surface area contributed by atoms with Crippen molar-refractivity contribution in [3.63, 3.8) is 0 Å². The number of halogens is 5. The minimum atomic E-state index is -4.03. The van der Waals surface area contributed by atoms with Crippen LogP contribution in [0.1, 0.15) is 94.1 Å². The van der Waals surface area contributed by atoms with Crippen molar-refractivity contribution in [3.8, 4) is 0 Å². The predicted molar refractivity (Wildman–Crippen MR) is 115 cm³/mol. The topological polar surface area (TPSA) is 0 Å². The molecule has 0 spiro atoms. The van der Waals surface area contributed by atoms with Gasteiger partial charge in [0.1, 0.15) is 17.2 Å². The van der Waals surface area contributed by atoms with Crippen molar-refractivity contribution in [2.75, 3.05) is 0 Å². The number of hydrogen-bond acceptors (Lipinski definition) is 0. The van der Waals surface area contributed by atoms with E-state index in [-0.39, 0.29) is 5.92 Å². The summed E-state index contributed by atoms with van der Waals surface area (Å²) in [5.74, 6) is -0.211. The van der Waals surface area contributed by atoms with Gasteiger partial charge in [0.25, 0.3) is 0 Å². The van der Waals surface area contributed by atoms with Crippen LogP contribution in [0.4, 0.5) is 17.6 Å². The van der Waals surface area contributed by atoms with Gasteiger partial charge in [-0.2, -0.15) is 8.78 Å². The van der Waals surface area contributed by atoms with E-state index in [0.717, 1.165) is 49.7 Å². The first-order chi connectivity index (χ1) is 14.3. The molecule has 0 nitrogen and oxygen atoms in total. The van der Waals surface area contributed by atoms with Crippen molar-refractivity contribution in [1.82, 2.24) is 0 Å². The van der Waals surface area contributed by atoms with Gasteiger partial charge < -0.3 is 0 Å². The van der Waals surface area contributed by atoms with Gasteiger partial charge in [0, 0.05) is 0 Å². The summed E-state index contributed by atoms with van der Waals surface area (Å²) in [6, 6.07) is 2.08. The Kier molecular flexibility index (Phi) is 8.29. The number of alkyl halides is 3. The summed E-state index contributed by atoms with van der Waals surface area (Å²) in [4.78, 5) is 0. The Morgan fingerprint density at radius 1 is 0.867 bits per heavy atom. The quantitative estimate of drug-likeness (QED) is 0.162. The molecule has 2 aliphatic carbocycles. The number of benzene rings is 1. The van der Waals surface area contributed by atoms with E-state index in [9.17, 15) is 17.6 Å². The molecule has 2 fully saturated rings. The highest BCUT2D eigenvalue weighted by molar-refractivity contribution is 6.21. The first-order valence-electron chi connectivity index (χ1n) is 11.5. The molecule has 0 aliphatic heterocycles. The van der Waals surface area contributed by atoms with Crippen LogP contribution in [0.25, 0.3) is 0 Å². The van der Waals surface area contributed by atoms with Gasteiger partial charge in [0.05, 0.1) is 0 Å². The van der Waals surface area contributed by atoms with E-state index < -0.39 is 22.6 Å². The van der Waals surface area contributed by atoms with Crippen molar-refractivity contribution < 1.29 is 17.6 Å². The lowest BCUT2D eigenvalue weighted by molar-refractivity contribution is 0.0857. The third kappa shape index (κ3) is 6.24. The van der Waals surface area contributed by atoms with Crippen LogP contribution < -0.4 is 0 Å². The van der Waals surface area contributed by atoms with E-state index in [1.54, 1.807) is 0 Å². The summed E-state index contributed by atoms with van der Waals surface area (Å²) in [6.07, 6.45) is 16.2. The van der Waals surface area contributed by atoms with E-state index in [2.05, 4.69) is 12.7 Å². The standard InChI is InChI=1S/C25H33ClF4/c1-2-17-7-9-18(10-8-17)5-3-4-6-19-11-13-20(14-12-19)21-15-22(27)24(23(28)16-21)25(26,29)30/h2,15-20H,1,3-14H2. The molecule has 1 aromatic rings. The van der Waals surface area contributed by atoms with Gasteiger partial charge in [0.15, 0.2) is 0 Å². The molecule has 3 rings (SSSR count). The van der Waals surface area contributed by atoms with E-state index in [1.807, 2.05) is 0 Å². The molecule has 5 heteroatoms. The lowest BCUT2D eigenvalue weighted by Gasteiger charge is -2.30. The summed E-state index contributed by atoms with van der Waals surface area (Å²) in [7, 11) is 0. The third-order valence-corrected chi connectivity index (χ3v) is 7.55. The second-order valence-corrected chi connectivity index (χ2v) is 9.85. The van der Waals surface area contributed by atoms with Crippen molar-refractivity contribution in [3.05, 3.63) is 47.5 Å². The Labute approximate surface area is 183 Å². The smallest absolute Gasteiger partial charge is 0.206 e. The predicted octanol–water partition coefficient (Wildman–Crippen LogP) is 9.08. The van der Waals surface area contributed by atoms with Gasteiger partial charge in [-0.25, -0.2) is 8.78 Å². The fourth-order valence-corrected chi connectivity index (χ4v) is 5.64. The summed E-state index contributed by atoms with van der Waals surface area (Å²) in [5, 5.41) is -4.03. The summed E-state index contributed by atoms with van der Waals surface area (Å²) in [6.45, 7) is 3.91. The maximum absolute atomic E-state index is 14.0. The normalized spacial score (nSPS) is 27.8. The maximum Gasteiger partial charge on any atom is 0.353 e. The van der Waals surface area contributed by atoms with Crippen LogP contribution in [0.3, 0.4) is 0 Å². The summed E-state index contributed by atoms with van der Waals surface area (Å²) >= 11 is 4.83. The molecule has 2 saturated carbocycles. The molecule has 30 heavy (non-hydrogen) atoms. The lowest BCUT2D eigenvalue weighted by atomic mass is 9.76. The van der Waals surface area contributed by atoms with Gasteiger partial charge in [-0.1, -0.05) is 31.8 Å². The highest BCUT2D eigenvalue weighted by atomic mass is 35.5. The molecule has 0 atom stereocenters. The zero-order chi connectivity index (χ0) is 21.7. The largest absolute Gasteiger partial charge is 0.353 e. The van der Waals surface area contributed by atoms with Crippen LogP contribution in [0, 0.1) is 29.4 Å². The SMILES string of the molecule is C=CC1CCC(CCCCC2CCC(c3cc(F)c(C(F)(F)Cl)c(F)c3)CC2)CC1. The highest BCUT2D eigenvalue weighted by Crippen LogP contribution is 2.41. The molecule has 0 radical (unpaired) electrons. The zero-order valence-corrected chi connectivity index (χ0v) is 18.4. The first kappa shape index (κ1) is 23.6. The second kappa shape index (κ2) is 10.5. The molecule has 0 N–H and O–H groups in total. The lowest BCUT2D eigenvalue weighted by Crippen LogP contribution is -2.16. The fourth-order valence-electron chi connectivity index (χ4n) is 5.46. The zero-order valence-electron chi connectivity index (χ0n) is 17.6. The van der Waals surface area contributed by atoms with E-state index >= 15 is 0 Å². The number of allylic oxidation sites excluding steroid dienone is 1. The van der Waals surface area contributed by atoms with Crippen LogP contribution in [0.15, 0.2) is 24.8 Å². The minimum absolute atomic E-state index is 0.0308. The molecule has 1 aromatic carbocycles. The Hall–Kier alpha value is -1.03. The number of unbranched alkanes of at least 4 members (excludes halogenated alkanes) is 1. The first-order valence-corrected chi connectivity index (χ1v) is 11.8. The molecule has 2 aliphatic rings. The monoisotopic (exact) mass is 444 g/mol. The molecule has 0 saturated heterocycles. The van der Waals surface area contributed by atoms with E-state index in [0.29, 0.717) is 11.5 Å². The van der Waals surface area contributed by atoms with Gasteiger partial charge in [-0.15, -0.1) is 6.58 Å². The molecule has 0 bridgehead atoms. The van der Waals surface area contributed by atoms with Gasteiger partial charge >= 0.3 is 5.38 Å². The Bertz CT molecular complexity index is 673. The van der Waals surface area contributed by atoms with E-state index in [4.69, 9.17) is 11.6 Å². The Morgan fingerprint density at radius 3 is 1.77 bits per heavy atom. The summed E-state index contributed by atoms with van der Waals surface area (Å²) < 4.78 is 54.4. The van der Waals surface area contributed by atoms with Crippen LogP contribution >= 0.6 is 11.6 Å². The van der Waals surface area contributed by atoms with Gasteiger partial charge in [0.2, 0.25) is 0 Å². The molecule has 0 heterocycles. The Morgan fingerprint density at radius 2 is 1.33 bits per heavy atom. The summed E-state index contributed by atoms with van der Waals surface area (Å²) in [5.41, 5.74) is -0.872. The Balaban J connectivity index is 1.39. The second-order valence-electron chi connectivity index (χ2n) is 9.38. The van der Waals surface area contributed by atoms with Crippen molar-refractivity contribution in [1.29, 1.82) is 0 Å². The number of hydrogen-bond donors (Lipinski definition) is 0. The van der Waals surface area contributed by atoms with Crippen LogP contribution in [-0.2, 0) is 5.38 Å². The fraction of sp³-hybridized carbons (Fsp3) is 0.680. The number of rotatable bonds is 8. The van der Waals surface area contributed by atoms with Crippen molar-refractivity contribution in [2.45, 2.75) is 88.3 Å². The maximum atomic E-state index is 14.0. The molecular weight excluding hydrogens is 412 g/mol. The minimum Gasteiger partial charge on any atom is -0.206 e. The highest BCUT2D eigenvalue weighted by Gasteiger charge is 2.36. The van der Waals surface area contributed by atoms with Crippen LogP contribution in [0.2, 0.25) is 0 Å². The molecule has 168 valence electrons. The van der Waals surface area contributed by atoms with Crippen LogP contribution in [0.5, 0.6) is 0 Å².